The number of hydrogen-bond acceptors (Lipinski definition) is 3. The van der Waals surface area contributed by atoms with Crippen LogP contribution in [0.15, 0.2) is 0 Å². The molecule has 5 heteroatoms. The average Bonchev–Trinajstić information content (AvgIpc) is 2.97. The van der Waals surface area contributed by atoms with Gasteiger partial charge in [-0.25, -0.2) is 4.79 Å². The monoisotopic (exact) mass is 283 g/mol. The first-order valence-electron chi connectivity index (χ1n) is 7.95. The van der Waals surface area contributed by atoms with E-state index >= 15 is 0 Å². The lowest BCUT2D eigenvalue weighted by Crippen LogP contribution is -2.36. The molecule has 5 nitrogen and oxygen atoms in total. The molecule has 1 heterocycles. The lowest BCUT2D eigenvalue weighted by molar-refractivity contribution is -0.112. The molecule has 1 aliphatic rings. The fourth-order valence-electron chi connectivity index (χ4n) is 2.61. The summed E-state index contributed by atoms with van der Waals surface area (Å²) < 4.78 is 0. The SMILES string of the molecule is CCCCNC(=O)NCCCCC(C=O)C1CCNC1. The third-order valence-corrected chi connectivity index (χ3v) is 3.94. The lowest BCUT2D eigenvalue weighted by atomic mass is 9.88. The molecule has 1 saturated heterocycles. The first-order chi connectivity index (χ1) is 9.77. The zero-order valence-electron chi connectivity index (χ0n) is 12.6. The minimum Gasteiger partial charge on any atom is -0.338 e. The standard InChI is InChI=1S/C15H29N3O2/c1-2-3-8-17-15(20)18-9-5-4-6-14(12-19)13-7-10-16-11-13/h12-14,16H,2-11H2,1H3,(H2,17,18,20). The Morgan fingerprint density at radius 3 is 2.65 bits per heavy atom. The number of carbonyl (C=O) groups excluding carboxylic acids is 2. The van der Waals surface area contributed by atoms with Gasteiger partial charge in [-0.2, -0.15) is 0 Å². The molecule has 2 amide bonds. The molecule has 1 fully saturated rings. The van der Waals surface area contributed by atoms with Crippen LogP contribution in [0.2, 0.25) is 0 Å². The van der Waals surface area contributed by atoms with E-state index in [1.165, 1.54) is 0 Å². The van der Waals surface area contributed by atoms with E-state index < -0.39 is 0 Å². The van der Waals surface area contributed by atoms with Gasteiger partial charge >= 0.3 is 6.03 Å². The van der Waals surface area contributed by atoms with Crippen LogP contribution >= 0.6 is 0 Å². The average molecular weight is 283 g/mol. The van der Waals surface area contributed by atoms with Crippen molar-refractivity contribution in [3.63, 3.8) is 0 Å². The summed E-state index contributed by atoms with van der Waals surface area (Å²) in [6, 6.07) is -0.0784. The highest BCUT2D eigenvalue weighted by Crippen LogP contribution is 2.22. The van der Waals surface area contributed by atoms with Crippen molar-refractivity contribution in [1.82, 2.24) is 16.0 Å². The van der Waals surface area contributed by atoms with E-state index in [1.807, 2.05) is 0 Å². The molecule has 3 N–H and O–H groups in total. The summed E-state index contributed by atoms with van der Waals surface area (Å²) in [5.74, 6) is 0.696. The van der Waals surface area contributed by atoms with Gasteiger partial charge in [-0.3, -0.25) is 0 Å². The summed E-state index contributed by atoms with van der Waals surface area (Å²) in [5, 5.41) is 8.98. The molecule has 2 unspecified atom stereocenters. The third-order valence-electron chi connectivity index (χ3n) is 3.94. The molecular weight excluding hydrogens is 254 g/mol. The normalized spacial score (nSPS) is 19.6. The second-order valence-electron chi connectivity index (χ2n) is 5.58. The van der Waals surface area contributed by atoms with Crippen molar-refractivity contribution in [2.45, 2.75) is 45.4 Å². The van der Waals surface area contributed by atoms with Gasteiger partial charge in [0.05, 0.1) is 0 Å². The van der Waals surface area contributed by atoms with E-state index in [2.05, 4.69) is 22.9 Å². The summed E-state index contributed by atoms with van der Waals surface area (Å²) in [6.07, 6.45) is 7.20. The van der Waals surface area contributed by atoms with Crippen molar-refractivity contribution in [3.05, 3.63) is 0 Å². The topological polar surface area (TPSA) is 70.2 Å². The zero-order chi connectivity index (χ0) is 14.6. The highest BCUT2D eigenvalue weighted by atomic mass is 16.2. The number of urea groups is 1. The molecule has 0 aromatic carbocycles. The fourth-order valence-corrected chi connectivity index (χ4v) is 2.61. The van der Waals surface area contributed by atoms with Gasteiger partial charge in [0.15, 0.2) is 0 Å². The second kappa shape index (κ2) is 10.7. The Kier molecular flexibility index (Phi) is 9.04. The van der Waals surface area contributed by atoms with E-state index in [9.17, 15) is 9.59 Å². The highest BCUT2D eigenvalue weighted by molar-refractivity contribution is 5.73. The van der Waals surface area contributed by atoms with Crippen LogP contribution in [-0.4, -0.2) is 38.5 Å². The van der Waals surface area contributed by atoms with E-state index in [4.69, 9.17) is 0 Å². The maximum atomic E-state index is 11.4. The Hall–Kier alpha value is -1.10. The number of aldehydes is 1. The molecule has 116 valence electrons. The van der Waals surface area contributed by atoms with Gasteiger partial charge in [0.1, 0.15) is 6.29 Å². The molecule has 1 rings (SSSR count). The largest absolute Gasteiger partial charge is 0.338 e. The van der Waals surface area contributed by atoms with Crippen molar-refractivity contribution >= 4 is 12.3 Å². The molecule has 0 radical (unpaired) electrons. The van der Waals surface area contributed by atoms with Gasteiger partial charge in [0.2, 0.25) is 0 Å². The molecule has 1 aliphatic heterocycles. The Morgan fingerprint density at radius 1 is 1.30 bits per heavy atom. The number of hydrogen-bond donors (Lipinski definition) is 3. The third kappa shape index (κ3) is 6.89. The van der Waals surface area contributed by atoms with Crippen LogP contribution in [0.3, 0.4) is 0 Å². The second-order valence-corrected chi connectivity index (χ2v) is 5.58. The molecule has 0 bridgehead atoms. The van der Waals surface area contributed by atoms with Crippen molar-refractivity contribution in [1.29, 1.82) is 0 Å². The van der Waals surface area contributed by atoms with E-state index in [0.717, 1.165) is 64.4 Å². The van der Waals surface area contributed by atoms with Crippen LogP contribution in [0.25, 0.3) is 0 Å². The molecule has 20 heavy (non-hydrogen) atoms. The minimum absolute atomic E-state index is 0.0784. The Morgan fingerprint density at radius 2 is 2.05 bits per heavy atom. The molecule has 0 aromatic rings. The Labute approximate surface area is 122 Å². The Bertz CT molecular complexity index is 278. The maximum absolute atomic E-state index is 11.4. The van der Waals surface area contributed by atoms with Crippen molar-refractivity contribution in [3.8, 4) is 0 Å². The van der Waals surface area contributed by atoms with E-state index in [0.29, 0.717) is 12.5 Å². The number of carbonyl (C=O) groups is 2. The van der Waals surface area contributed by atoms with Crippen LogP contribution in [0.5, 0.6) is 0 Å². The summed E-state index contributed by atoms with van der Waals surface area (Å²) in [5.41, 5.74) is 0. The number of nitrogens with one attached hydrogen (secondary N) is 3. The number of rotatable bonds is 10. The summed E-state index contributed by atoms with van der Waals surface area (Å²) in [4.78, 5) is 22.5. The maximum Gasteiger partial charge on any atom is 0.314 e. The Balaban J connectivity index is 2.00. The molecule has 0 aromatic heterocycles. The first kappa shape index (κ1) is 17.0. The van der Waals surface area contributed by atoms with Gasteiger partial charge in [-0.15, -0.1) is 0 Å². The minimum atomic E-state index is -0.0784. The number of unbranched alkanes of at least 4 members (excludes halogenated alkanes) is 2. The van der Waals surface area contributed by atoms with Crippen LogP contribution in [0.1, 0.15) is 45.4 Å². The lowest BCUT2D eigenvalue weighted by Gasteiger charge is -2.16. The van der Waals surface area contributed by atoms with E-state index in [-0.39, 0.29) is 11.9 Å². The fraction of sp³-hybridized carbons (Fsp3) is 0.867. The summed E-state index contributed by atoms with van der Waals surface area (Å²) >= 11 is 0. The molecule has 0 saturated carbocycles. The van der Waals surface area contributed by atoms with Gasteiger partial charge < -0.3 is 20.7 Å². The summed E-state index contributed by atoms with van der Waals surface area (Å²) in [6.45, 7) is 5.54. The smallest absolute Gasteiger partial charge is 0.314 e. The molecular formula is C15H29N3O2. The van der Waals surface area contributed by atoms with Crippen molar-refractivity contribution < 1.29 is 9.59 Å². The van der Waals surface area contributed by atoms with Gasteiger partial charge in [0, 0.05) is 19.0 Å². The molecule has 0 aliphatic carbocycles. The van der Waals surface area contributed by atoms with Gasteiger partial charge in [-0.1, -0.05) is 19.8 Å². The molecule has 2 atom stereocenters. The van der Waals surface area contributed by atoms with E-state index in [1.54, 1.807) is 0 Å². The predicted octanol–water partition coefficient (Wildman–Crippen LogP) is 1.68. The molecule has 0 spiro atoms. The van der Waals surface area contributed by atoms with Crippen LogP contribution < -0.4 is 16.0 Å². The van der Waals surface area contributed by atoms with Crippen LogP contribution in [-0.2, 0) is 4.79 Å². The quantitative estimate of drug-likeness (QED) is 0.422. The zero-order valence-corrected chi connectivity index (χ0v) is 12.6. The number of amides is 2. The predicted molar refractivity (Wildman–Crippen MR) is 80.7 cm³/mol. The van der Waals surface area contributed by atoms with Crippen molar-refractivity contribution in [2.75, 3.05) is 26.2 Å². The van der Waals surface area contributed by atoms with Gasteiger partial charge in [-0.05, 0) is 44.7 Å². The highest BCUT2D eigenvalue weighted by Gasteiger charge is 2.23. The van der Waals surface area contributed by atoms with Gasteiger partial charge in [0.25, 0.3) is 0 Å². The van der Waals surface area contributed by atoms with Crippen molar-refractivity contribution in [2.24, 2.45) is 11.8 Å². The summed E-state index contributed by atoms with van der Waals surface area (Å²) in [7, 11) is 0. The first-order valence-corrected chi connectivity index (χ1v) is 7.95. The van der Waals surface area contributed by atoms with Crippen LogP contribution in [0, 0.1) is 11.8 Å². The van der Waals surface area contributed by atoms with Crippen LogP contribution in [0.4, 0.5) is 4.79 Å².